The van der Waals surface area contributed by atoms with Crippen molar-refractivity contribution in [2.75, 3.05) is 13.1 Å². The number of nitrogens with one attached hydrogen (secondary N) is 1. The SMILES string of the molecule is Cc1cc2nnc(C(=O)N3CCC(c4nc(C(=O)NCc5ccco5)cs4)CC3)c(C)n2n1. The first-order chi connectivity index (χ1) is 16.0. The Bertz CT molecular complexity index is 1300. The molecule has 1 aliphatic rings. The van der Waals surface area contributed by atoms with Gasteiger partial charge in [0.25, 0.3) is 11.8 Å². The number of amides is 2. The Morgan fingerprint density at radius 2 is 2.06 bits per heavy atom. The van der Waals surface area contributed by atoms with E-state index in [1.165, 1.54) is 11.3 Å². The Morgan fingerprint density at radius 1 is 1.24 bits per heavy atom. The quantitative estimate of drug-likeness (QED) is 0.481. The van der Waals surface area contributed by atoms with Gasteiger partial charge in [-0.3, -0.25) is 9.59 Å². The van der Waals surface area contributed by atoms with Crippen LogP contribution in [0.5, 0.6) is 0 Å². The fraction of sp³-hybridized carbons (Fsp3) is 0.364. The number of carbonyl (C=O) groups excluding carboxylic acids is 2. The van der Waals surface area contributed by atoms with Crippen molar-refractivity contribution in [3.05, 3.63) is 63.4 Å². The highest BCUT2D eigenvalue weighted by atomic mass is 32.1. The molecule has 170 valence electrons. The third-order valence-electron chi connectivity index (χ3n) is 5.82. The van der Waals surface area contributed by atoms with Gasteiger partial charge in [-0.2, -0.15) is 5.10 Å². The summed E-state index contributed by atoms with van der Waals surface area (Å²) in [7, 11) is 0. The molecule has 0 aromatic carbocycles. The number of nitrogens with zero attached hydrogens (tertiary/aromatic N) is 6. The van der Waals surface area contributed by atoms with Gasteiger partial charge in [-0.25, -0.2) is 9.50 Å². The molecule has 4 aromatic heterocycles. The maximum Gasteiger partial charge on any atom is 0.276 e. The zero-order valence-corrected chi connectivity index (χ0v) is 19.1. The standard InChI is InChI=1S/C22H23N7O3S/c1-13-10-18-25-26-19(14(2)29(18)27-13)22(31)28-7-5-15(6-8-28)21-24-17(12-33-21)20(30)23-11-16-4-3-9-32-16/h3-4,9-10,12,15H,5-8,11H2,1-2H3,(H,23,30). The molecule has 2 amide bonds. The van der Waals surface area contributed by atoms with Crippen LogP contribution in [0, 0.1) is 13.8 Å². The largest absolute Gasteiger partial charge is 0.467 e. The van der Waals surface area contributed by atoms with E-state index in [0.717, 1.165) is 23.5 Å². The molecular weight excluding hydrogens is 442 g/mol. The van der Waals surface area contributed by atoms with Crippen molar-refractivity contribution in [1.82, 2.24) is 35.0 Å². The summed E-state index contributed by atoms with van der Waals surface area (Å²) in [6.07, 6.45) is 3.13. The van der Waals surface area contributed by atoms with Crippen molar-refractivity contribution in [1.29, 1.82) is 0 Å². The summed E-state index contributed by atoms with van der Waals surface area (Å²) >= 11 is 1.49. The Balaban J connectivity index is 1.20. The number of piperidine rings is 1. The summed E-state index contributed by atoms with van der Waals surface area (Å²) in [5.41, 5.74) is 2.89. The molecule has 4 aromatic rings. The molecule has 33 heavy (non-hydrogen) atoms. The van der Waals surface area contributed by atoms with Gasteiger partial charge >= 0.3 is 0 Å². The number of hydrogen-bond donors (Lipinski definition) is 1. The summed E-state index contributed by atoms with van der Waals surface area (Å²) < 4.78 is 6.90. The third-order valence-corrected chi connectivity index (χ3v) is 6.82. The highest BCUT2D eigenvalue weighted by molar-refractivity contribution is 7.09. The van der Waals surface area contributed by atoms with E-state index < -0.39 is 0 Å². The van der Waals surface area contributed by atoms with E-state index in [1.807, 2.05) is 26.0 Å². The van der Waals surface area contributed by atoms with Gasteiger partial charge in [0, 0.05) is 30.5 Å². The Labute approximate surface area is 193 Å². The van der Waals surface area contributed by atoms with Crippen LogP contribution in [0.1, 0.15) is 61.9 Å². The average Bonchev–Trinajstić information content (AvgIpc) is 3.58. The second-order valence-electron chi connectivity index (χ2n) is 8.09. The Morgan fingerprint density at radius 3 is 2.82 bits per heavy atom. The molecule has 0 aliphatic carbocycles. The minimum absolute atomic E-state index is 0.134. The normalized spacial score (nSPS) is 14.7. The van der Waals surface area contributed by atoms with Crippen molar-refractivity contribution in [2.45, 2.75) is 39.2 Å². The van der Waals surface area contributed by atoms with Crippen LogP contribution >= 0.6 is 11.3 Å². The smallest absolute Gasteiger partial charge is 0.276 e. The van der Waals surface area contributed by atoms with E-state index in [9.17, 15) is 9.59 Å². The van der Waals surface area contributed by atoms with E-state index in [-0.39, 0.29) is 17.7 Å². The third kappa shape index (κ3) is 4.23. The number of furan rings is 1. The first-order valence-electron chi connectivity index (χ1n) is 10.7. The molecule has 0 saturated carbocycles. The average molecular weight is 466 g/mol. The van der Waals surface area contributed by atoms with E-state index in [4.69, 9.17) is 4.42 Å². The van der Waals surface area contributed by atoms with Crippen LogP contribution in [0.4, 0.5) is 0 Å². The van der Waals surface area contributed by atoms with Crippen LogP contribution in [-0.2, 0) is 6.54 Å². The van der Waals surface area contributed by atoms with Crippen molar-refractivity contribution in [2.24, 2.45) is 0 Å². The number of aryl methyl sites for hydroxylation is 2. The number of rotatable bonds is 5. The first kappa shape index (κ1) is 21.3. The van der Waals surface area contributed by atoms with Crippen molar-refractivity contribution < 1.29 is 14.0 Å². The molecule has 5 rings (SSSR count). The summed E-state index contributed by atoms with van der Waals surface area (Å²) in [4.78, 5) is 31.8. The molecule has 0 radical (unpaired) electrons. The lowest BCUT2D eigenvalue weighted by Crippen LogP contribution is -2.39. The Hall–Kier alpha value is -3.60. The van der Waals surface area contributed by atoms with Gasteiger partial charge in [0.15, 0.2) is 11.3 Å². The lowest BCUT2D eigenvalue weighted by Gasteiger charge is -2.31. The van der Waals surface area contributed by atoms with Crippen LogP contribution in [0.25, 0.3) is 5.65 Å². The van der Waals surface area contributed by atoms with Gasteiger partial charge in [0.2, 0.25) is 0 Å². The number of thiazole rings is 1. The van der Waals surface area contributed by atoms with Crippen LogP contribution in [0.15, 0.2) is 34.3 Å². The van der Waals surface area contributed by atoms with Gasteiger partial charge in [-0.05, 0) is 38.8 Å². The maximum atomic E-state index is 13.1. The van der Waals surface area contributed by atoms with E-state index in [2.05, 4.69) is 25.6 Å². The molecule has 10 nitrogen and oxygen atoms in total. The molecule has 1 saturated heterocycles. The van der Waals surface area contributed by atoms with E-state index in [1.54, 1.807) is 27.1 Å². The number of aromatic nitrogens is 5. The molecule has 1 aliphatic heterocycles. The predicted octanol–water partition coefficient (Wildman–Crippen LogP) is 2.74. The van der Waals surface area contributed by atoms with Gasteiger partial charge in [-0.1, -0.05) is 0 Å². The van der Waals surface area contributed by atoms with Crippen LogP contribution in [0.3, 0.4) is 0 Å². The summed E-state index contributed by atoms with van der Waals surface area (Å²) in [5, 5.41) is 18.2. The van der Waals surface area contributed by atoms with Crippen LogP contribution in [-0.4, -0.2) is 54.6 Å². The summed E-state index contributed by atoms with van der Waals surface area (Å²) in [6, 6.07) is 5.42. The molecule has 0 unspecified atom stereocenters. The summed E-state index contributed by atoms with van der Waals surface area (Å²) in [6.45, 7) is 5.24. The van der Waals surface area contributed by atoms with Gasteiger partial charge < -0.3 is 14.6 Å². The fourth-order valence-electron chi connectivity index (χ4n) is 4.01. The maximum absolute atomic E-state index is 13.1. The lowest BCUT2D eigenvalue weighted by molar-refractivity contribution is 0.0704. The molecule has 0 atom stereocenters. The molecule has 1 N–H and O–H groups in total. The van der Waals surface area contributed by atoms with Crippen LogP contribution in [0.2, 0.25) is 0 Å². The molecule has 5 heterocycles. The van der Waals surface area contributed by atoms with Gasteiger partial charge in [0.1, 0.15) is 11.5 Å². The number of fused-ring (bicyclic) bond motifs is 1. The number of hydrogen-bond acceptors (Lipinski definition) is 8. The minimum atomic E-state index is -0.222. The zero-order valence-electron chi connectivity index (χ0n) is 18.3. The molecule has 1 fully saturated rings. The summed E-state index contributed by atoms with van der Waals surface area (Å²) in [5.74, 6) is 0.553. The van der Waals surface area contributed by atoms with Crippen molar-refractivity contribution in [3.8, 4) is 0 Å². The van der Waals surface area contributed by atoms with Crippen molar-refractivity contribution >= 4 is 28.8 Å². The highest BCUT2D eigenvalue weighted by Gasteiger charge is 2.29. The second kappa shape index (κ2) is 8.74. The van der Waals surface area contributed by atoms with E-state index >= 15 is 0 Å². The van der Waals surface area contributed by atoms with Crippen LogP contribution < -0.4 is 5.32 Å². The first-order valence-corrected chi connectivity index (χ1v) is 11.6. The highest BCUT2D eigenvalue weighted by Crippen LogP contribution is 2.31. The minimum Gasteiger partial charge on any atom is -0.467 e. The molecule has 11 heteroatoms. The number of likely N-dealkylation sites (tertiary alicyclic amines) is 1. The van der Waals surface area contributed by atoms with E-state index in [0.29, 0.717) is 48.1 Å². The predicted molar refractivity (Wildman–Crippen MR) is 120 cm³/mol. The van der Waals surface area contributed by atoms with Gasteiger partial charge in [0.05, 0.1) is 29.2 Å². The fourth-order valence-corrected chi connectivity index (χ4v) is 4.98. The molecule has 0 bridgehead atoms. The topological polar surface area (TPSA) is 119 Å². The Kier molecular flexibility index (Phi) is 5.63. The van der Waals surface area contributed by atoms with Crippen molar-refractivity contribution in [3.63, 3.8) is 0 Å². The monoisotopic (exact) mass is 465 g/mol. The lowest BCUT2D eigenvalue weighted by atomic mass is 9.97. The molecule has 0 spiro atoms. The van der Waals surface area contributed by atoms with Gasteiger partial charge in [-0.15, -0.1) is 21.5 Å². The zero-order chi connectivity index (χ0) is 22.9. The molecular formula is C22H23N7O3S. The number of carbonyl (C=O) groups is 2. The second-order valence-corrected chi connectivity index (χ2v) is 8.98.